The molecule has 2 N–H and O–H groups in total. The number of urea groups is 1. The molecule has 0 aliphatic heterocycles. The molecule has 1 aromatic rings. The lowest BCUT2D eigenvalue weighted by atomic mass is 9.49. The topological polar surface area (TPSA) is 50.4 Å². The molecule has 0 radical (unpaired) electrons. The standard InChI is InChI=1S/C19H24Cl2N2O2/c1-25-19(13-5-11-4-12(7-13)8-14(19)6-11)10-22-18(24)23-15-2-3-16(20)17(21)9-15/h2-3,9,11-14H,4-8,10H2,1H3,(H2,22,23,24). The van der Waals surface area contributed by atoms with Crippen molar-refractivity contribution in [3.63, 3.8) is 0 Å². The zero-order valence-electron chi connectivity index (χ0n) is 14.4. The van der Waals surface area contributed by atoms with E-state index in [4.69, 9.17) is 27.9 Å². The summed E-state index contributed by atoms with van der Waals surface area (Å²) in [6.45, 7) is 0.561. The van der Waals surface area contributed by atoms with Gasteiger partial charge in [0.2, 0.25) is 0 Å². The fraction of sp³-hybridized carbons (Fsp3) is 0.632. The normalized spacial score (nSPS) is 35.6. The summed E-state index contributed by atoms with van der Waals surface area (Å²) in [5, 5.41) is 6.76. The molecule has 4 fully saturated rings. The Morgan fingerprint density at radius 2 is 1.76 bits per heavy atom. The molecule has 0 aromatic heterocycles. The lowest BCUT2D eigenvalue weighted by Crippen LogP contribution is -2.63. The molecule has 136 valence electrons. The average Bonchev–Trinajstić information content (AvgIpc) is 2.58. The van der Waals surface area contributed by atoms with E-state index in [1.54, 1.807) is 25.3 Å². The number of carbonyl (C=O) groups is 1. The van der Waals surface area contributed by atoms with E-state index in [0.717, 1.165) is 11.8 Å². The van der Waals surface area contributed by atoms with Crippen molar-refractivity contribution in [1.82, 2.24) is 5.32 Å². The van der Waals surface area contributed by atoms with E-state index in [0.29, 0.717) is 34.1 Å². The second-order valence-corrected chi connectivity index (χ2v) is 8.71. The molecule has 0 unspecified atom stereocenters. The molecule has 2 amide bonds. The summed E-state index contributed by atoms with van der Waals surface area (Å²) in [5.74, 6) is 2.88. The molecule has 6 heteroatoms. The summed E-state index contributed by atoms with van der Waals surface area (Å²) in [6, 6.07) is 4.83. The predicted molar refractivity (Wildman–Crippen MR) is 100 cm³/mol. The number of halogens is 2. The van der Waals surface area contributed by atoms with Crippen molar-refractivity contribution >= 4 is 34.9 Å². The molecule has 25 heavy (non-hydrogen) atoms. The third kappa shape index (κ3) is 3.13. The first kappa shape index (κ1) is 17.4. The van der Waals surface area contributed by atoms with Crippen LogP contribution in [0.15, 0.2) is 18.2 Å². The Balaban J connectivity index is 1.41. The van der Waals surface area contributed by atoms with Gasteiger partial charge in [-0.3, -0.25) is 0 Å². The number of carbonyl (C=O) groups excluding carboxylic acids is 1. The fourth-order valence-electron chi connectivity index (χ4n) is 5.64. The third-order valence-electron chi connectivity index (χ3n) is 6.60. The lowest BCUT2D eigenvalue weighted by Gasteiger charge is -2.60. The molecule has 0 spiro atoms. The summed E-state index contributed by atoms with van der Waals surface area (Å²) in [6.07, 6.45) is 6.39. The second-order valence-electron chi connectivity index (χ2n) is 7.90. The van der Waals surface area contributed by atoms with E-state index >= 15 is 0 Å². The third-order valence-corrected chi connectivity index (χ3v) is 7.34. The van der Waals surface area contributed by atoms with E-state index in [2.05, 4.69) is 10.6 Å². The number of amides is 2. The van der Waals surface area contributed by atoms with Crippen LogP contribution in [-0.2, 0) is 4.74 Å². The maximum Gasteiger partial charge on any atom is 0.319 e. The van der Waals surface area contributed by atoms with Gasteiger partial charge in [-0.15, -0.1) is 0 Å². The number of rotatable bonds is 4. The minimum atomic E-state index is -0.233. The van der Waals surface area contributed by atoms with Crippen LogP contribution >= 0.6 is 23.2 Å². The summed E-state index contributed by atoms with van der Waals surface area (Å²) in [5.41, 5.74) is 0.422. The monoisotopic (exact) mass is 382 g/mol. The maximum atomic E-state index is 12.3. The number of nitrogens with one attached hydrogen (secondary N) is 2. The highest BCUT2D eigenvalue weighted by Gasteiger charge is 2.57. The van der Waals surface area contributed by atoms with Gasteiger partial charge in [0.25, 0.3) is 0 Å². The SMILES string of the molecule is COC1(CNC(=O)Nc2ccc(Cl)c(Cl)c2)C2CC3CC(C2)CC1C3. The lowest BCUT2D eigenvalue weighted by molar-refractivity contribution is -0.186. The van der Waals surface area contributed by atoms with Crippen molar-refractivity contribution in [3.8, 4) is 0 Å². The molecule has 4 bridgehead atoms. The van der Waals surface area contributed by atoms with Gasteiger partial charge in [0, 0.05) is 19.3 Å². The van der Waals surface area contributed by atoms with Crippen molar-refractivity contribution in [3.05, 3.63) is 28.2 Å². The highest BCUT2D eigenvalue weighted by molar-refractivity contribution is 6.42. The minimum Gasteiger partial charge on any atom is -0.376 e. The van der Waals surface area contributed by atoms with E-state index in [9.17, 15) is 4.79 Å². The van der Waals surface area contributed by atoms with Gasteiger partial charge >= 0.3 is 6.03 Å². The van der Waals surface area contributed by atoms with E-state index in [-0.39, 0.29) is 11.6 Å². The average molecular weight is 383 g/mol. The largest absolute Gasteiger partial charge is 0.376 e. The Morgan fingerprint density at radius 3 is 2.32 bits per heavy atom. The van der Waals surface area contributed by atoms with Crippen molar-refractivity contribution < 1.29 is 9.53 Å². The fourth-order valence-corrected chi connectivity index (χ4v) is 5.94. The predicted octanol–water partition coefficient (Wildman–Crippen LogP) is 4.96. The molecular formula is C19H24Cl2N2O2. The number of benzene rings is 1. The van der Waals surface area contributed by atoms with Gasteiger partial charge in [-0.25, -0.2) is 4.79 Å². The number of ether oxygens (including phenoxy) is 1. The van der Waals surface area contributed by atoms with Crippen molar-refractivity contribution in [1.29, 1.82) is 0 Å². The number of anilines is 1. The van der Waals surface area contributed by atoms with Gasteiger partial charge in [0.15, 0.2) is 0 Å². The Hall–Kier alpha value is -0.970. The molecule has 0 saturated heterocycles. The summed E-state index contributed by atoms with van der Waals surface area (Å²) >= 11 is 11.9. The van der Waals surface area contributed by atoms with Crippen LogP contribution in [0.2, 0.25) is 10.0 Å². The molecule has 0 heterocycles. The summed E-state index contributed by atoms with van der Waals surface area (Å²) < 4.78 is 6.07. The molecule has 4 aliphatic carbocycles. The van der Waals surface area contributed by atoms with Crippen LogP contribution in [0.4, 0.5) is 10.5 Å². The van der Waals surface area contributed by atoms with Gasteiger partial charge in [0.05, 0.1) is 15.6 Å². The Morgan fingerprint density at radius 1 is 1.12 bits per heavy atom. The van der Waals surface area contributed by atoms with Gasteiger partial charge in [-0.05, 0) is 74.0 Å². The molecule has 1 aromatic carbocycles. The Kier molecular flexibility index (Phi) is 4.63. The van der Waals surface area contributed by atoms with E-state index in [1.165, 1.54) is 32.1 Å². The van der Waals surface area contributed by atoms with Gasteiger partial charge in [-0.2, -0.15) is 0 Å². The zero-order valence-corrected chi connectivity index (χ0v) is 15.9. The first-order valence-electron chi connectivity index (χ1n) is 9.05. The van der Waals surface area contributed by atoms with Gasteiger partial charge in [0.1, 0.15) is 0 Å². The Labute approximate surface area is 158 Å². The van der Waals surface area contributed by atoms with E-state index < -0.39 is 0 Å². The van der Waals surface area contributed by atoms with Crippen molar-refractivity contribution in [2.24, 2.45) is 23.7 Å². The molecule has 4 aliphatic rings. The van der Waals surface area contributed by atoms with Crippen LogP contribution in [-0.4, -0.2) is 25.3 Å². The van der Waals surface area contributed by atoms with Crippen LogP contribution in [0.5, 0.6) is 0 Å². The summed E-state index contributed by atoms with van der Waals surface area (Å²) in [4.78, 5) is 12.3. The molecule has 4 saturated carbocycles. The first-order chi connectivity index (χ1) is 12.0. The molecular weight excluding hydrogens is 359 g/mol. The van der Waals surface area contributed by atoms with Crippen LogP contribution in [0.1, 0.15) is 32.1 Å². The highest BCUT2D eigenvalue weighted by atomic mass is 35.5. The number of hydrogen-bond acceptors (Lipinski definition) is 2. The minimum absolute atomic E-state index is 0.206. The molecule has 5 rings (SSSR count). The Bertz CT molecular complexity index is 651. The number of hydrogen-bond donors (Lipinski definition) is 2. The van der Waals surface area contributed by atoms with Crippen LogP contribution in [0.3, 0.4) is 0 Å². The van der Waals surface area contributed by atoms with Gasteiger partial charge in [-0.1, -0.05) is 23.2 Å². The van der Waals surface area contributed by atoms with Crippen LogP contribution in [0, 0.1) is 23.7 Å². The smallest absolute Gasteiger partial charge is 0.319 e. The molecule has 0 atom stereocenters. The van der Waals surface area contributed by atoms with E-state index in [1.807, 2.05) is 0 Å². The van der Waals surface area contributed by atoms with Crippen molar-refractivity contribution in [2.75, 3.05) is 19.0 Å². The van der Waals surface area contributed by atoms with Gasteiger partial charge < -0.3 is 15.4 Å². The highest BCUT2D eigenvalue weighted by Crippen LogP contribution is 2.59. The first-order valence-corrected chi connectivity index (χ1v) is 9.81. The second kappa shape index (κ2) is 6.64. The van der Waals surface area contributed by atoms with Crippen LogP contribution in [0.25, 0.3) is 0 Å². The zero-order chi connectivity index (χ0) is 17.6. The summed E-state index contributed by atoms with van der Waals surface area (Å²) in [7, 11) is 1.81. The maximum absolute atomic E-state index is 12.3. The molecule has 4 nitrogen and oxygen atoms in total. The van der Waals surface area contributed by atoms with Crippen molar-refractivity contribution in [2.45, 2.75) is 37.7 Å². The quantitative estimate of drug-likeness (QED) is 0.773. The van der Waals surface area contributed by atoms with Crippen LogP contribution < -0.4 is 10.6 Å². The number of methoxy groups -OCH3 is 1.